The normalized spacial score (nSPS) is 20.2. The number of nitrogens with zero attached hydrogens (tertiary/aromatic N) is 2. The van der Waals surface area contributed by atoms with Crippen LogP contribution in [0.25, 0.3) is 11.0 Å². The summed E-state index contributed by atoms with van der Waals surface area (Å²) in [7, 11) is 0. The van der Waals surface area contributed by atoms with Crippen LogP contribution in [0.3, 0.4) is 0 Å². The van der Waals surface area contributed by atoms with E-state index < -0.39 is 6.29 Å². The lowest BCUT2D eigenvalue weighted by Gasteiger charge is -2.41. The van der Waals surface area contributed by atoms with Gasteiger partial charge in [-0.3, -0.25) is 9.59 Å². The van der Waals surface area contributed by atoms with Gasteiger partial charge in [0.15, 0.2) is 6.29 Å². The van der Waals surface area contributed by atoms with Gasteiger partial charge in [0, 0.05) is 37.1 Å². The summed E-state index contributed by atoms with van der Waals surface area (Å²) >= 11 is 0. The van der Waals surface area contributed by atoms with Crippen molar-refractivity contribution in [3.05, 3.63) is 95.8 Å². The first-order chi connectivity index (χ1) is 20.9. The zero-order valence-electron chi connectivity index (χ0n) is 24.7. The summed E-state index contributed by atoms with van der Waals surface area (Å²) in [6.07, 6.45) is 3.78. The number of hydrogen-bond donors (Lipinski definition) is 3. The lowest BCUT2D eigenvalue weighted by Crippen LogP contribution is -2.39. The van der Waals surface area contributed by atoms with Crippen molar-refractivity contribution in [1.29, 1.82) is 0 Å². The van der Waals surface area contributed by atoms with E-state index in [0.717, 1.165) is 47.0 Å². The maximum absolute atomic E-state index is 12.5. The standard InChI is InChI=1S/C34H40N4O5/c1-23-31(20-38-22-36-29-8-5-6-9-30(29)38)42-34(43-33(23)26-13-11-25(21-39)12-14-26)27-15-17-28(18-16-27)37-32(41)10-4-3-7-19-35-24(2)40/h5-6,8-9,11-18,22-23,31,33-34,39H,3-4,7,10,19-21H2,1-2H3,(H,35,40)(H,37,41). The molecule has 3 N–H and O–H groups in total. The summed E-state index contributed by atoms with van der Waals surface area (Å²) in [4.78, 5) is 28.0. The van der Waals surface area contributed by atoms with E-state index >= 15 is 0 Å². The van der Waals surface area contributed by atoms with Gasteiger partial charge in [-0.2, -0.15) is 0 Å². The molecule has 0 spiro atoms. The second-order valence-corrected chi connectivity index (χ2v) is 11.2. The maximum Gasteiger partial charge on any atom is 0.224 e. The molecule has 2 amide bonds. The average molecular weight is 585 g/mol. The van der Waals surface area contributed by atoms with Crippen molar-refractivity contribution >= 4 is 28.5 Å². The number of carbonyl (C=O) groups excluding carboxylic acids is 2. The second-order valence-electron chi connectivity index (χ2n) is 11.2. The highest BCUT2D eigenvalue weighted by atomic mass is 16.7. The number of rotatable bonds is 12. The van der Waals surface area contributed by atoms with Gasteiger partial charge in [0.05, 0.1) is 42.7 Å². The van der Waals surface area contributed by atoms with Crippen molar-refractivity contribution in [3.63, 3.8) is 0 Å². The SMILES string of the molecule is CC(=O)NCCCCCC(=O)Nc1ccc(C2OC(Cn3cnc4ccccc43)C(C)C(c3ccc(CO)cc3)O2)cc1. The maximum atomic E-state index is 12.5. The minimum atomic E-state index is -0.605. The molecule has 4 aromatic rings. The smallest absolute Gasteiger partial charge is 0.224 e. The second kappa shape index (κ2) is 14.4. The lowest BCUT2D eigenvalue weighted by atomic mass is 9.90. The molecule has 4 unspecified atom stereocenters. The van der Waals surface area contributed by atoms with Crippen LogP contribution in [-0.2, 0) is 32.2 Å². The van der Waals surface area contributed by atoms with E-state index in [1.165, 1.54) is 6.92 Å². The van der Waals surface area contributed by atoms with Crippen molar-refractivity contribution < 1.29 is 24.2 Å². The Balaban J connectivity index is 1.27. The Labute approximate surface area is 252 Å². The first-order valence-electron chi connectivity index (χ1n) is 15.0. The Morgan fingerprint density at radius 1 is 0.930 bits per heavy atom. The molecule has 1 aliphatic rings. The molecule has 0 aliphatic carbocycles. The number of anilines is 1. The summed E-state index contributed by atoms with van der Waals surface area (Å²) in [6, 6.07) is 23.5. The lowest BCUT2D eigenvalue weighted by molar-refractivity contribution is -0.276. The van der Waals surface area contributed by atoms with Crippen LogP contribution in [-0.4, -0.2) is 39.1 Å². The number of imidazole rings is 1. The van der Waals surface area contributed by atoms with Crippen LogP contribution in [0.15, 0.2) is 79.1 Å². The number of carbonyl (C=O) groups is 2. The van der Waals surface area contributed by atoms with E-state index in [4.69, 9.17) is 9.47 Å². The van der Waals surface area contributed by atoms with E-state index in [0.29, 0.717) is 25.2 Å². The molecule has 1 fully saturated rings. The number of hydrogen-bond acceptors (Lipinski definition) is 6. The van der Waals surface area contributed by atoms with Crippen LogP contribution in [0.4, 0.5) is 5.69 Å². The highest BCUT2D eigenvalue weighted by Gasteiger charge is 2.38. The molecule has 43 heavy (non-hydrogen) atoms. The van der Waals surface area contributed by atoms with Crippen molar-refractivity contribution in [1.82, 2.24) is 14.9 Å². The Kier molecular flexibility index (Phi) is 10.2. The molecule has 1 saturated heterocycles. The molecular formula is C34H40N4O5. The zero-order valence-corrected chi connectivity index (χ0v) is 24.7. The van der Waals surface area contributed by atoms with Crippen LogP contribution in [0.2, 0.25) is 0 Å². The molecule has 9 heteroatoms. The Morgan fingerprint density at radius 3 is 2.42 bits per heavy atom. The summed E-state index contributed by atoms with van der Waals surface area (Å²) in [5.74, 6) is -0.0335. The molecule has 3 aromatic carbocycles. The van der Waals surface area contributed by atoms with Gasteiger partial charge in [0.1, 0.15) is 0 Å². The fraction of sp³-hybridized carbons (Fsp3) is 0.382. The zero-order chi connectivity index (χ0) is 30.2. The largest absolute Gasteiger partial charge is 0.392 e. The first kappa shape index (κ1) is 30.4. The van der Waals surface area contributed by atoms with Gasteiger partial charge in [-0.15, -0.1) is 0 Å². The molecule has 5 rings (SSSR count). The van der Waals surface area contributed by atoms with Crippen LogP contribution >= 0.6 is 0 Å². The third kappa shape index (κ3) is 7.87. The van der Waals surface area contributed by atoms with Crippen molar-refractivity contribution in [2.45, 2.75) is 71.2 Å². The van der Waals surface area contributed by atoms with Gasteiger partial charge in [-0.1, -0.05) is 61.9 Å². The fourth-order valence-corrected chi connectivity index (χ4v) is 5.48. The van der Waals surface area contributed by atoms with Crippen molar-refractivity contribution in [2.75, 3.05) is 11.9 Å². The van der Waals surface area contributed by atoms with Gasteiger partial charge in [0.2, 0.25) is 11.8 Å². The summed E-state index contributed by atoms with van der Waals surface area (Å²) < 4.78 is 15.3. The minimum absolute atomic E-state index is 0.00902. The van der Waals surface area contributed by atoms with E-state index in [1.807, 2.05) is 73.1 Å². The third-order valence-electron chi connectivity index (χ3n) is 7.95. The summed E-state index contributed by atoms with van der Waals surface area (Å²) in [6.45, 7) is 4.89. The van der Waals surface area contributed by atoms with Gasteiger partial charge >= 0.3 is 0 Å². The van der Waals surface area contributed by atoms with E-state index in [-0.39, 0.29) is 36.5 Å². The molecule has 9 nitrogen and oxygen atoms in total. The van der Waals surface area contributed by atoms with E-state index in [1.54, 1.807) is 0 Å². The minimum Gasteiger partial charge on any atom is -0.392 e. The number of benzene rings is 3. The number of ether oxygens (including phenoxy) is 2. The van der Waals surface area contributed by atoms with Crippen LogP contribution < -0.4 is 10.6 Å². The quantitative estimate of drug-likeness (QED) is 0.185. The molecule has 1 aliphatic heterocycles. The first-order valence-corrected chi connectivity index (χ1v) is 15.0. The molecule has 4 atom stereocenters. The van der Waals surface area contributed by atoms with Crippen molar-refractivity contribution in [3.8, 4) is 0 Å². The van der Waals surface area contributed by atoms with Crippen LogP contribution in [0.5, 0.6) is 0 Å². The van der Waals surface area contributed by atoms with Gasteiger partial charge in [0.25, 0.3) is 0 Å². The van der Waals surface area contributed by atoms with Gasteiger partial charge in [-0.25, -0.2) is 4.98 Å². The molecule has 1 aromatic heterocycles. The molecule has 0 saturated carbocycles. The molecule has 0 radical (unpaired) electrons. The number of aliphatic hydroxyl groups excluding tert-OH is 1. The summed E-state index contributed by atoms with van der Waals surface area (Å²) in [5.41, 5.74) is 5.45. The Morgan fingerprint density at radius 2 is 1.67 bits per heavy atom. The topological polar surface area (TPSA) is 115 Å². The van der Waals surface area contributed by atoms with Crippen molar-refractivity contribution in [2.24, 2.45) is 5.92 Å². The molecule has 226 valence electrons. The monoisotopic (exact) mass is 584 g/mol. The Bertz CT molecular complexity index is 1500. The van der Waals surface area contributed by atoms with Crippen LogP contribution in [0, 0.1) is 5.92 Å². The molecule has 2 heterocycles. The van der Waals surface area contributed by atoms with Crippen LogP contribution in [0.1, 0.15) is 68.6 Å². The third-order valence-corrected chi connectivity index (χ3v) is 7.95. The number of nitrogens with one attached hydrogen (secondary N) is 2. The van der Waals surface area contributed by atoms with Gasteiger partial charge < -0.3 is 29.8 Å². The van der Waals surface area contributed by atoms with E-state index in [9.17, 15) is 14.7 Å². The average Bonchev–Trinajstić information content (AvgIpc) is 3.43. The highest BCUT2D eigenvalue weighted by molar-refractivity contribution is 5.90. The predicted molar refractivity (Wildman–Crippen MR) is 165 cm³/mol. The fourth-order valence-electron chi connectivity index (χ4n) is 5.48. The van der Waals surface area contributed by atoms with E-state index in [2.05, 4.69) is 33.2 Å². The number of aromatic nitrogens is 2. The molecular weight excluding hydrogens is 544 g/mol. The van der Waals surface area contributed by atoms with Gasteiger partial charge in [-0.05, 0) is 48.2 Å². The predicted octanol–water partition coefficient (Wildman–Crippen LogP) is 5.66. The number of fused-ring (bicyclic) bond motifs is 1. The number of aliphatic hydroxyl groups is 1. The number of amides is 2. The highest BCUT2D eigenvalue weighted by Crippen LogP contribution is 2.42. The number of para-hydroxylation sites is 2. The summed E-state index contributed by atoms with van der Waals surface area (Å²) in [5, 5.41) is 15.3. The molecule has 0 bridgehead atoms. The Hall–Kier alpha value is -4.05. The number of unbranched alkanes of at least 4 members (excludes halogenated alkanes) is 2.